The molecule has 3 aliphatic heterocycles. The van der Waals surface area contributed by atoms with Crippen LogP contribution >= 0.6 is 0 Å². The number of rotatable bonds is 6. The molecule has 12 heteroatoms. The first-order valence-electron chi connectivity index (χ1n) is 14.1. The Morgan fingerprint density at radius 1 is 0.614 bits per heavy atom. The number of hydrogen-bond acceptors (Lipinski definition) is 9. The maximum absolute atomic E-state index is 12.1. The molecule has 3 aromatic rings. The van der Waals surface area contributed by atoms with E-state index in [1.807, 2.05) is 12.1 Å². The lowest BCUT2D eigenvalue weighted by molar-refractivity contribution is -0.125. The minimum atomic E-state index is -0.843. The molecule has 3 heterocycles. The van der Waals surface area contributed by atoms with Crippen LogP contribution in [0.3, 0.4) is 0 Å². The topological polar surface area (TPSA) is 143 Å². The number of fused-ring (bicyclic) bond motifs is 3. The van der Waals surface area contributed by atoms with Gasteiger partial charge in [-0.15, -0.1) is 0 Å². The summed E-state index contributed by atoms with van der Waals surface area (Å²) in [5.41, 5.74) is 2.13. The van der Waals surface area contributed by atoms with Crippen molar-refractivity contribution in [2.45, 2.75) is 45.4 Å². The van der Waals surface area contributed by atoms with Crippen molar-refractivity contribution < 1.29 is 42.8 Å². The molecule has 44 heavy (non-hydrogen) atoms. The first-order chi connectivity index (χ1) is 21.2. The Morgan fingerprint density at radius 3 is 1.73 bits per heavy atom. The van der Waals surface area contributed by atoms with Crippen molar-refractivity contribution in [3.8, 4) is 34.5 Å². The van der Waals surface area contributed by atoms with E-state index in [-0.39, 0.29) is 17.7 Å². The van der Waals surface area contributed by atoms with Crippen molar-refractivity contribution in [2.75, 3.05) is 13.2 Å². The Kier molecular flexibility index (Phi) is 7.88. The van der Waals surface area contributed by atoms with E-state index in [0.29, 0.717) is 58.8 Å². The van der Waals surface area contributed by atoms with Crippen LogP contribution in [0, 0.1) is 0 Å². The van der Waals surface area contributed by atoms with E-state index in [1.165, 1.54) is 20.8 Å². The normalized spacial score (nSPS) is 21.2. The van der Waals surface area contributed by atoms with E-state index >= 15 is 0 Å². The zero-order chi connectivity index (χ0) is 30.8. The minimum absolute atomic E-state index is 0.185. The molecule has 12 nitrogen and oxygen atoms in total. The molecule has 4 atom stereocenters. The number of benzene rings is 3. The van der Waals surface area contributed by atoms with Crippen LogP contribution in [0.15, 0.2) is 60.8 Å². The molecule has 3 amide bonds. The Balaban J connectivity index is 1.31. The summed E-state index contributed by atoms with van der Waals surface area (Å²) in [5.74, 6) is 2.18. The van der Waals surface area contributed by atoms with Gasteiger partial charge in [0, 0.05) is 38.1 Å². The third-order valence-corrected chi connectivity index (χ3v) is 6.98. The summed E-state index contributed by atoms with van der Waals surface area (Å²) in [6.07, 6.45) is 0.141. The summed E-state index contributed by atoms with van der Waals surface area (Å²) in [6, 6.07) is 16.0. The lowest BCUT2D eigenvalue weighted by atomic mass is 10.0. The van der Waals surface area contributed by atoms with E-state index in [4.69, 9.17) is 28.4 Å². The van der Waals surface area contributed by atoms with Gasteiger partial charge in [0.1, 0.15) is 13.2 Å². The SMILES string of the molecule is CC(=O)N/C=C/c1ccc2c(c1)O[C@H](c1ccc3c(c1)O[C@@H](c1ccc4c(c1)OCCO4)[C@H](NC(C)=O)O3)[C@@H](NC(C)=O)O2. The highest BCUT2D eigenvalue weighted by molar-refractivity contribution is 5.75. The molecule has 228 valence electrons. The van der Waals surface area contributed by atoms with Gasteiger partial charge in [-0.3, -0.25) is 14.4 Å². The summed E-state index contributed by atoms with van der Waals surface area (Å²) in [4.78, 5) is 35.4. The molecule has 0 radical (unpaired) electrons. The average molecular weight is 602 g/mol. The van der Waals surface area contributed by atoms with Gasteiger partial charge in [0.15, 0.2) is 46.7 Å². The summed E-state index contributed by atoms with van der Waals surface area (Å²) in [6.45, 7) is 5.12. The molecule has 0 aromatic heterocycles. The molecular formula is C32H31N3O9. The zero-order valence-corrected chi connectivity index (χ0v) is 24.2. The van der Waals surface area contributed by atoms with Gasteiger partial charge in [-0.1, -0.05) is 18.2 Å². The average Bonchev–Trinajstić information content (AvgIpc) is 2.99. The van der Waals surface area contributed by atoms with E-state index in [9.17, 15) is 14.4 Å². The highest BCUT2D eigenvalue weighted by Gasteiger charge is 2.38. The van der Waals surface area contributed by atoms with Crippen molar-refractivity contribution >= 4 is 23.8 Å². The van der Waals surface area contributed by atoms with Crippen LogP contribution in [-0.2, 0) is 14.4 Å². The van der Waals surface area contributed by atoms with Gasteiger partial charge in [0.25, 0.3) is 0 Å². The van der Waals surface area contributed by atoms with Crippen LogP contribution in [0.4, 0.5) is 0 Å². The van der Waals surface area contributed by atoms with Gasteiger partial charge in [-0.25, -0.2) is 0 Å². The van der Waals surface area contributed by atoms with Crippen LogP contribution in [0.25, 0.3) is 6.08 Å². The third kappa shape index (κ3) is 6.19. The second-order valence-electron chi connectivity index (χ2n) is 10.4. The number of hydrogen-bond donors (Lipinski definition) is 3. The number of amides is 3. The highest BCUT2D eigenvalue weighted by Crippen LogP contribution is 2.45. The first-order valence-corrected chi connectivity index (χ1v) is 14.1. The Morgan fingerprint density at radius 2 is 1.14 bits per heavy atom. The lowest BCUT2D eigenvalue weighted by Gasteiger charge is -2.37. The summed E-state index contributed by atoms with van der Waals surface area (Å²) >= 11 is 0. The molecule has 0 spiro atoms. The molecule has 0 fully saturated rings. The molecule has 0 bridgehead atoms. The molecule has 0 saturated heterocycles. The second-order valence-corrected chi connectivity index (χ2v) is 10.4. The lowest BCUT2D eigenvalue weighted by Crippen LogP contribution is -2.47. The van der Waals surface area contributed by atoms with Gasteiger partial charge >= 0.3 is 0 Å². The Bertz CT molecular complexity index is 1640. The third-order valence-electron chi connectivity index (χ3n) is 6.98. The van der Waals surface area contributed by atoms with E-state index in [1.54, 1.807) is 54.7 Å². The van der Waals surface area contributed by atoms with E-state index in [2.05, 4.69) is 16.0 Å². The molecule has 3 aromatic carbocycles. The van der Waals surface area contributed by atoms with Crippen LogP contribution in [0.2, 0.25) is 0 Å². The van der Waals surface area contributed by atoms with Crippen molar-refractivity contribution in [1.82, 2.24) is 16.0 Å². The number of ether oxygens (including phenoxy) is 6. The number of nitrogens with one attached hydrogen (secondary N) is 3. The maximum Gasteiger partial charge on any atom is 0.220 e. The van der Waals surface area contributed by atoms with Gasteiger partial charge in [0.2, 0.25) is 30.2 Å². The van der Waals surface area contributed by atoms with Crippen LogP contribution < -0.4 is 44.4 Å². The smallest absolute Gasteiger partial charge is 0.220 e. The second kappa shape index (κ2) is 12.1. The van der Waals surface area contributed by atoms with Crippen LogP contribution in [0.5, 0.6) is 34.5 Å². The largest absolute Gasteiger partial charge is 0.486 e. The van der Waals surface area contributed by atoms with Crippen molar-refractivity contribution in [3.05, 3.63) is 77.5 Å². The summed E-state index contributed by atoms with van der Waals surface area (Å²) in [5, 5.41) is 8.24. The fraction of sp³-hybridized carbons (Fsp3) is 0.281. The molecule has 0 unspecified atom stereocenters. The standard InChI is InChI=1S/C32H31N3O9/c1-17(36)33-11-10-20-4-7-24-27(14-20)41-30(32(43-24)35-19(3)38)22-6-9-25-28(16-22)42-29(31(44-25)34-18(2)37)21-5-8-23-26(15-21)40-13-12-39-23/h4-11,14-16,29-32H,12-13H2,1-3H3,(H,33,36)(H,34,37)(H,35,38)/b11-10+/t29-,30+,31+,32-/m0/s1. The van der Waals surface area contributed by atoms with E-state index < -0.39 is 24.7 Å². The van der Waals surface area contributed by atoms with Gasteiger partial charge < -0.3 is 44.4 Å². The summed E-state index contributed by atoms with van der Waals surface area (Å²) in [7, 11) is 0. The van der Waals surface area contributed by atoms with E-state index in [0.717, 1.165) is 5.56 Å². The molecule has 0 aliphatic carbocycles. The maximum atomic E-state index is 12.1. The fourth-order valence-corrected chi connectivity index (χ4v) is 5.09. The van der Waals surface area contributed by atoms with Crippen LogP contribution in [0.1, 0.15) is 49.7 Å². The summed E-state index contributed by atoms with van der Waals surface area (Å²) < 4.78 is 36.6. The van der Waals surface area contributed by atoms with Crippen LogP contribution in [-0.4, -0.2) is 43.4 Å². The molecule has 3 N–H and O–H groups in total. The molecule has 0 saturated carbocycles. The van der Waals surface area contributed by atoms with Gasteiger partial charge in [-0.2, -0.15) is 0 Å². The monoisotopic (exact) mass is 601 g/mol. The predicted octanol–water partition coefficient (Wildman–Crippen LogP) is 3.51. The Labute approximate surface area is 253 Å². The molecule has 3 aliphatic rings. The van der Waals surface area contributed by atoms with Crippen molar-refractivity contribution in [2.24, 2.45) is 0 Å². The first kappa shape index (κ1) is 28.7. The number of carbonyl (C=O) groups excluding carboxylic acids is 3. The predicted molar refractivity (Wildman–Crippen MR) is 156 cm³/mol. The van der Waals surface area contributed by atoms with Gasteiger partial charge in [0.05, 0.1) is 0 Å². The molecular weight excluding hydrogens is 570 g/mol. The zero-order valence-electron chi connectivity index (χ0n) is 24.2. The molecule has 6 rings (SSSR count). The quantitative estimate of drug-likeness (QED) is 0.387. The van der Waals surface area contributed by atoms with Crippen molar-refractivity contribution in [3.63, 3.8) is 0 Å². The van der Waals surface area contributed by atoms with Crippen molar-refractivity contribution in [1.29, 1.82) is 0 Å². The Hall–Kier alpha value is -5.39. The number of carbonyl (C=O) groups is 3. The highest BCUT2D eigenvalue weighted by atomic mass is 16.6. The minimum Gasteiger partial charge on any atom is -0.486 e. The van der Waals surface area contributed by atoms with Gasteiger partial charge in [-0.05, 0) is 48.0 Å². The fourth-order valence-electron chi connectivity index (χ4n) is 5.09.